The molecule has 2 heterocycles. The van der Waals surface area contributed by atoms with E-state index in [4.69, 9.17) is 0 Å². The van der Waals surface area contributed by atoms with E-state index in [-0.39, 0.29) is 5.92 Å². The number of carbonyl (C=O) groups excluding carboxylic acids is 1. The van der Waals surface area contributed by atoms with Crippen LogP contribution in [0.1, 0.15) is 40.0 Å². The minimum atomic E-state index is 0.221. The van der Waals surface area contributed by atoms with Crippen molar-refractivity contribution in [2.24, 2.45) is 5.92 Å². The van der Waals surface area contributed by atoms with Crippen LogP contribution in [0.2, 0.25) is 0 Å². The first kappa shape index (κ1) is 13.0. The molecule has 4 atom stereocenters. The maximum absolute atomic E-state index is 11.7. The van der Waals surface area contributed by atoms with Crippen molar-refractivity contribution in [2.45, 2.75) is 58.2 Å². The van der Waals surface area contributed by atoms with Crippen molar-refractivity contribution in [3.8, 4) is 0 Å². The molecule has 2 rings (SSSR count). The summed E-state index contributed by atoms with van der Waals surface area (Å²) >= 11 is 0. The third kappa shape index (κ3) is 2.55. The number of hydrogen-bond acceptors (Lipinski definition) is 3. The molecular formula is C14H26N2O. The normalized spacial score (nSPS) is 41.8. The van der Waals surface area contributed by atoms with E-state index in [1.165, 1.54) is 19.4 Å². The Morgan fingerprint density at radius 2 is 1.88 bits per heavy atom. The second kappa shape index (κ2) is 5.07. The van der Waals surface area contributed by atoms with Gasteiger partial charge in [0.2, 0.25) is 0 Å². The first-order chi connectivity index (χ1) is 8.00. The fourth-order valence-electron chi connectivity index (χ4n) is 3.31. The minimum absolute atomic E-state index is 0.221. The number of Topliss-reactive ketones (excluding diaryl/α,β-unsaturated/α-hetero) is 1. The number of carbonyl (C=O) groups is 1. The molecule has 3 heteroatoms. The lowest BCUT2D eigenvalue weighted by Gasteiger charge is -2.46. The SMILES string of the molecule is CC1C(=O)CCN(C2CCN(C)C(C)C2)C1C. The standard InChI is InChI=1S/C14H26N2O/c1-10-9-13(5-7-15(10)4)16-8-6-14(17)11(2)12(16)3/h10-13H,5-9H2,1-4H3. The first-order valence-corrected chi connectivity index (χ1v) is 6.99. The fourth-order valence-corrected chi connectivity index (χ4v) is 3.31. The van der Waals surface area contributed by atoms with Crippen LogP contribution in [-0.4, -0.2) is 53.8 Å². The van der Waals surface area contributed by atoms with Crippen LogP contribution in [0.25, 0.3) is 0 Å². The zero-order chi connectivity index (χ0) is 12.6. The molecule has 4 unspecified atom stereocenters. The average Bonchev–Trinajstić information content (AvgIpc) is 2.30. The molecule has 3 nitrogen and oxygen atoms in total. The van der Waals surface area contributed by atoms with Gasteiger partial charge in [-0.05, 0) is 40.3 Å². The topological polar surface area (TPSA) is 23.6 Å². The van der Waals surface area contributed by atoms with E-state index in [9.17, 15) is 4.79 Å². The maximum atomic E-state index is 11.7. The number of piperidine rings is 2. The molecule has 2 fully saturated rings. The summed E-state index contributed by atoms with van der Waals surface area (Å²) in [5, 5.41) is 0. The Morgan fingerprint density at radius 3 is 2.53 bits per heavy atom. The summed E-state index contributed by atoms with van der Waals surface area (Å²) < 4.78 is 0. The molecule has 0 aromatic heterocycles. The second-order valence-corrected chi connectivity index (χ2v) is 5.99. The van der Waals surface area contributed by atoms with E-state index in [1.807, 2.05) is 0 Å². The van der Waals surface area contributed by atoms with Gasteiger partial charge in [-0.15, -0.1) is 0 Å². The number of ketones is 1. The maximum Gasteiger partial charge on any atom is 0.138 e. The Bertz CT molecular complexity index is 292. The molecule has 0 spiro atoms. The van der Waals surface area contributed by atoms with Gasteiger partial charge in [0.05, 0.1) is 0 Å². The largest absolute Gasteiger partial charge is 0.304 e. The summed E-state index contributed by atoms with van der Waals surface area (Å²) in [6, 6.07) is 1.79. The van der Waals surface area contributed by atoms with E-state index >= 15 is 0 Å². The minimum Gasteiger partial charge on any atom is -0.304 e. The molecule has 98 valence electrons. The van der Waals surface area contributed by atoms with Crippen LogP contribution in [0.4, 0.5) is 0 Å². The lowest BCUT2D eigenvalue weighted by molar-refractivity contribution is -0.129. The first-order valence-electron chi connectivity index (χ1n) is 6.99. The van der Waals surface area contributed by atoms with E-state index in [1.54, 1.807) is 0 Å². The van der Waals surface area contributed by atoms with Gasteiger partial charge in [0.15, 0.2) is 0 Å². The zero-order valence-corrected chi connectivity index (χ0v) is 11.6. The average molecular weight is 238 g/mol. The van der Waals surface area contributed by atoms with Gasteiger partial charge >= 0.3 is 0 Å². The fraction of sp³-hybridized carbons (Fsp3) is 0.929. The van der Waals surface area contributed by atoms with Crippen LogP contribution in [0.15, 0.2) is 0 Å². The molecule has 2 saturated heterocycles. The molecule has 0 aromatic rings. The third-order valence-corrected chi connectivity index (χ3v) is 5.02. The molecule has 0 radical (unpaired) electrons. The molecule has 2 aliphatic heterocycles. The summed E-state index contributed by atoms with van der Waals surface area (Å²) in [4.78, 5) is 16.8. The third-order valence-electron chi connectivity index (χ3n) is 5.02. The molecule has 17 heavy (non-hydrogen) atoms. The van der Waals surface area contributed by atoms with E-state index < -0.39 is 0 Å². The number of likely N-dealkylation sites (tertiary alicyclic amines) is 2. The van der Waals surface area contributed by atoms with Crippen LogP contribution in [-0.2, 0) is 4.79 Å². The summed E-state index contributed by atoms with van der Waals surface area (Å²) in [5.41, 5.74) is 0. The van der Waals surface area contributed by atoms with Crippen LogP contribution in [0.3, 0.4) is 0 Å². The monoisotopic (exact) mass is 238 g/mol. The molecular weight excluding hydrogens is 212 g/mol. The number of nitrogens with zero attached hydrogens (tertiary/aromatic N) is 2. The van der Waals surface area contributed by atoms with Gasteiger partial charge in [0, 0.05) is 37.0 Å². The van der Waals surface area contributed by atoms with E-state index in [2.05, 4.69) is 37.6 Å². The second-order valence-electron chi connectivity index (χ2n) is 5.99. The summed E-state index contributed by atoms with van der Waals surface area (Å²) in [5.74, 6) is 0.674. The van der Waals surface area contributed by atoms with Gasteiger partial charge in [0.1, 0.15) is 5.78 Å². The lowest BCUT2D eigenvalue weighted by Crippen LogP contribution is -2.55. The Hall–Kier alpha value is -0.410. The van der Waals surface area contributed by atoms with Crippen molar-refractivity contribution in [3.63, 3.8) is 0 Å². The lowest BCUT2D eigenvalue weighted by atomic mass is 9.86. The molecule has 2 aliphatic rings. The van der Waals surface area contributed by atoms with Crippen LogP contribution >= 0.6 is 0 Å². The van der Waals surface area contributed by atoms with E-state index in [0.717, 1.165) is 13.0 Å². The van der Waals surface area contributed by atoms with Crippen molar-refractivity contribution >= 4 is 5.78 Å². The Balaban J connectivity index is 2.00. The quantitative estimate of drug-likeness (QED) is 0.695. The van der Waals surface area contributed by atoms with Gasteiger partial charge in [-0.2, -0.15) is 0 Å². The summed E-state index contributed by atoms with van der Waals surface area (Å²) in [7, 11) is 2.21. The number of hydrogen-bond donors (Lipinski definition) is 0. The van der Waals surface area contributed by atoms with E-state index in [0.29, 0.717) is 23.9 Å². The van der Waals surface area contributed by atoms with Crippen molar-refractivity contribution in [3.05, 3.63) is 0 Å². The van der Waals surface area contributed by atoms with Crippen LogP contribution in [0.5, 0.6) is 0 Å². The van der Waals surface area contributed by atoms with Gasteiger partial charge in [-0.25, -0.2) is 0 Å². The molecule has 0 amide bonds. The van der Waals surface area contributed by atoms with Gasteiger partial charge < -0.3 is 4.90 Å². The van der Waals surface area contributed by atoms with Gasteiger partial charge in [-0.3, -0.25) is 9.69 Å². The smallest absolute Gasteiger partial charge is 0.138 e. The highest BCUT2D eigenvalue weighted by Gasteiger charge is 2.36. The van der Waals surface area contributed by atoms with Gasteiger partial charge in [0.25, 0.3) is 0 Å². The highest BCUT2D eigenvalue weighted by molar-refractivity contribution is 5.82. The highest BCUT2D eigenvalue weighted by atomic mass is 16.1. The van der Waals surface area contributed by atoms with Crippen molar-refractivity contribution < 1.29 is 4.79 Å². The molecule has 0 N–H and O–H groups in total. The molecule has 0 saturated carbocycles. The molecule has 0 bridgehead atoms. The van der Waals surface area contributed by atoms with Gasteiger partial charge in [-0.1, -0.05) is 6.92 Å². The van der Waals surface area contributed by atoms with Crippen molar-refractivity contribution in [2.75, 3.05) is 20.1 Å². The predicted molar refractivity (Wildman–Crippen MR) is 70.1 cm³/mol. The van der Waals surface area contributed by atoms with Crippen LogP contribution in [0, 0.1) is 5.92 Å². The summed E-state index contributed by atoms with van der Waals surface area (Å²) in [6.45, 7) is 8.81. The zero-order valence-electron chi connectivity index (χ0n) is 11.6. The highest BCUT2D eigenvalue weighted by Crippen LogP contribution is 2.28. The Morgan fingerprint density at radius 1 is 1.18 bits per heavy atom. The van der Waals surface area contributed by atoms with Crippen LogP contribution < -0.4 is 0 Å². The summed E-state index contributed by atoms with van der Waals surface area (Å²) in [6.07, 6.45) is 3.26. The molecule has 0 aromatic carbocycles. The number of rotatable bonds is 1. The Labute approximate surface area is 105 Å². The predicted octanol–water partition coefficient (Wildman–Crippen LogP) is 1.77. The molecule has 0 aliphatic carbocycles. The van der Waals surface area contributed by atoms with Crippen molar-refractivity contribution in [1.82, 2.24) is 9.80 Å². The Kier molecular flexibility index (Phi) is 3.88. The van der Waals surface area contributed by atoms with Crippen molar-refractivity contribution in [1.29, 1.82) is 0 Å².